The first-order valence-electron chi connectivity index (χ1n) is 5.28. The summed E-state index contributed by atoms with van der Waals surface area (Å²) in [7, 11) is 0. The van der Waals surface area contributed by atoms with E-state index in [9.17, 15) is 0 Å². The van der Waals surface area contributed by atoms with Crippen molar-refractivity contribution in [3.8, 4) is 0 Å². The van der Waals surface area contributed by atoms with Gasteiger partial charge in [0, 0.05) is 6.54 Å². The molecule has 1 fully saturated rings. The molecule has 3 N–H and O–H groups in total. The number of nitrogens with two attached hydrogens (primary N) is 1. The summed E-state index contributed by atoms with van der Waals surface area (Å²) in [6.07, 6.45) is 0.0272. The summed E-state index contributed by atoms with van der Waals surface area (Å²) < 4.78 is 16.0. The highest BCUT2D eigenvalue weighted by Crippen LogP contribution is 2.11. The molecule has 0 spiro atoms. The van der Waals surface area contributed by atoms with Gasteiger partial charge in [-0.15, -0.1) is 5.10 Å². The third-order valence-electron chi connectivity index (χ3n) is 2.20. The van der Waals surface area contributed by atoms with Crippen LogP contribution in [0.1, 0.15) is 18.9 Å². The predicted octanol–water partition coefficient (Wildman–Crippen LogP) is -0.0834. The maximum absolute atomic E-state index is 5.60. The molecule has 1 aliphatic heterocycles. The lowest BCUT2D eigenvalue weighted by Crippen LogP contribution is -2.34. The van der Waals surface area contributed by atoms with Gasteiger partial charge in [0.2, 0.25) is 5.89 Å². The second-order valence-electron chi connectivity index (χ2n) is 3.68. The molecule has 0 aromatic carbocycles. The number of aromatic nitrogens is 2. The van der Waals surface area contributed by atoms with Crippen molar-refractivity contribution in [3.05, 3.63) is 5.89 Å². The van der Waals surface area contributed by atoms with Gasteiger partial charge in [0.1, 0.15) is 0 Å². The minimum atomic E-state index is -0.252. The molecule has 1 aliphatic rings. The maximum atomic E-state index is 5.60. The second-order valence-corrected chi connectivity index (χ2v) is 3.68. The number of nitrogens with one attached hydrogen (secondary N) is 1. The van der Waals surface area contributed by atoms with Crippen LogP contribution in [0.3, 0.4) is 0 Å². The zero-order chi connectivity index (χ0) is 11.4. The molecule has 0 saturated carbocycles. The Morgan fingerprint density at radius 3 is 3.00 bits per heavy atom. The second kappa shape index (κ2) is 5.24. The average Bonchev–Trinajstić information content (AvgIpc) is 2.76. The monoisotopic (exact) mass is 228 g/mol. The molecule has 1 aromatic rings. The smallest absolute Gasteiger partial charge is 0.315 e. The van der Waals surface area contributed by atoms with Crippen LogP contribution >= 0.6 is 0 Å². The number of rotatable bonds is 4. The lowest BCUT2D eigenvalue weighted by atomic mass is 10.3. The van der Waals surface area contributed by atoms with Gasteiger partial charge in [0.05, 0.1) is 32.0 Å². The Morgan fingerprint density at radius 2 is 2.38 bits per heavy atom. The minimum Gasteiger partial charge on any atom is -0.406 e. The van der Waals surface area contributed by atoms with E-state index in [1.807, 2.05) is 0 Å². The molecule has 7 heteroatoms. The molecule has 16 heavy (non-hydrogen) atoms. The average molecular weight is 228 g/mol. The Kier molecular flexibility index (Phi) is 3.70. The van der Waals surface area contributed by atoms with Crippen molar-refractivity contribution in [3.63, 3.8) is 0 Å². The highest BCUT2D eigenvalue weighted by molar-refractivity contribution is 5.17. The molecule has 1 saturated heterocycles. The largest absolute Gasteiger partial charge is 0.406 e. The maximum Gasteiger partial charge on any atom is 0.315 e. The van der Waals surface area contributed by atoms with Gasteiger partial charge in [-0.05, 0) is 6.92 Å². The highest BCUT2D eigenvalue weighted by atomic mass is 16.6. The Bertz CT molecular complexity index is 322. The topological polar surface area (TPSA) is 95.4 Å². The number of nitrogens with zero attached hydrogens (tertiary/aromatic N) is 2. The molecule has 90 valence electrons. The van der Waals surface area contributed by atoms with Crippen molar-refractivity contribution >= 4 is 6.01 Å². The van der Waals surface area contributed by atoms with Crippen LogP contribution in [0, 0.1) is 0 Å². The fourth-order valence-corrected chi connectivity index (χ4v) is 1.35. The van der Waals surface area contributed by atoms with Crippen molar-refractivity contribution in [2.45, 2.75) is 19.1 Å². The molecule has 2 atom stereocenters. The van der Waals surface area contributed by atoms with Gasteiger partial charge in [0.25, 0.3) is 0 Å². The van der Waals surface area contributed by atoms with Crippen LogP contribution in [-0.4, -0.2) is 42.7 Å². The first-order valence-corrected chi connectivity index (χ1v) is 5.28. The zero-order valence-electron chi connectivity index (χ0n) is 9.18. The fraction of sp³-hybridized carbons (Fsp3) is 0.778. The van der Waals surface area contributed by atoms with Crippen molar-refractivity contribution < 1.29 is 13.9 Å². The first-order chi connectivity index (χ1) is 7.75. The zero-order valence-corrected chi connectivity index (χ0v) is 9.18. The van der Waals surface area contributed by atoms with E-state index in [2.05, 4.69) is 15.5 Å². The van der Waals surface area contributed by atoms with Crippen LogP contribution in [0.15, 0.2) is 4.42 Å². The predicted molar refractivity (Wildman–Crippen MR) is 55.9 cm³/mol. The first kappa shape index (κ1) is 11.3. The van der Waals surface area contributed by atoms with Gasteiger partial charge >= 0.3 is 6.01 Å². The van der Waals surface area contributed by atoms with Crippen molar-refractivity contribution in [1.82, 2.24) is 10.2 Å². The molecule has 1 aromatic heterocycles. The van der Waals surface area contributed by atoms with Crippen molar-refractivity contribution in [2.24, 2.45) is 5.73 Å². The summed E-state index contributed by atoms with van der Waals surface area (Å²) in [5.74, 6) is 0.420. The van der Waals surface area contributed by atoms with Gasteiger partial charge < -0.3 is 24.9 Å². The lowest BCUT2D eigenvalue weighted by Gasteiger charge is -2.22. The molecule has 0 aliphatic carbocycles. The lowest BCUT2D eigenvalue weighted by molar-refractivity contribution is -0.0820. The summed E-state index contributed by atoms with van der Waals surface area (Å²) in [6.45, 7) is 4.24. The van der Waals surface area contributed by atoms with Crippen LogP contribution in [0.4, 0.5) is 6.01 Å². The third-order valence-corrected chi connectivity index (χ3v) is 2.20. The van der Waals surface area contributed by atoms with E-state index >= 15 is 0 Å². The summed E-state index contributed by atoms with van der Waals surface area (Å²) in [4.78, 5) is 0. The number of ether oxygens (including phenoxy) is 2. The van der Waals surface area contributed by atoms with Crippen LogP contribution in [-0.2, 0) is 9.47 Å². The number of hydrogen-bond donors (Lipinski definition) is 2. The summed E-state index contributed by atoms with van der Waals surface area (Å²) in [5.41, 5.74) is 5.60. The molecule has 0 bridgehead atoms. The molecular weight excluding hydrogens is 212 g/mol. The molecule has 2 unspecified atom stereocenters. The highest BCUT2D eigenvalue weighted by Gasteiger charge is 2.15. The minimum absolute atomic E-state index is 0.0272. The Hall–Kier alpha value is -1.18. The standard InChI is InChI=1S/C9H16N4O3/c1-6(10)8-12-13-9(16-8)11-4-7-5-14-2-3-15-7/h6-7H,2-5,10H2,1H3,(H,11,13). The Morgan fingerprint density at radius 1 is 1.50 bits per heavy atom. The van der Waals surface area contributed by atoms with E-state index in [1.54, 1.807) is 6.92 Å². The molecule has 2 rings (SSSR count). The third kappa shape index (κ3) is 2.91. The molecule has 0 radical (unpaired) electrons. The van der Waals surface area contributed by atoms with E-state index in [1.165, 1.54) is 0 Å². The Labute approximate surface area is 93.3 Å². The van der Waals surface area contributed by atoms with E-state index in [0.29, 0.717) is 38.3 Å². The molecule has 2 heterocycles. The SMILES string of the molecule is CC(N)c1nnc(NCC2COCCO2)o1. The van der Waals surface area contributed by atoms with Crippen LogP contribution in [0.2, 0.25) is 0 Å². The van der Waals surface area contributed by atoms with E-state index in [0.717, 1.165) is 0 Å². The van der Waals surface area contributed by atoms with Crippen LogP contribution in [0.5, 0.6) is 0 Å². The van der Waals surface area contributed by atoms with Crippen molar-refractivity contribution in [2.75, 3.05) is 31.7 Å². The van der Waals surface area contributed by atoms with E-state index in [4.69, 9.17) is 19.6 Å². The molecule has 0 amide bonds. The molecule has 7 nitrogen and oxygen atoms in total. The van der Waals surface area contributed by atoms with Gasteiger partial charge in [-0.3, -0.25) is 0 Å². The van der Waals surface area contributed by atoms with Gasteiger partial charge in [0.15, 0.2) is 0 Å². The van der Waals surface area contributed by atoms with Crippen LogP contribution in [0.25, 0.3) is 0 Å². The van der Waals surface area contributed by atoms with Gasteiger partial charge in [-0.25, -0.2) is 0 Å². The Balaban J connectivity index is 1.79. The van der Waals surface area contributed by atoms with E-state index in [-0.39, 0.29) is 12.1 Å². The number of hydrogen-bond acceptors (Lipinski definition) is 7. The summed E-state index contributed by atoms with van der Waals surface area (Å²) in [6, 6.07) is 0.110. The normalized spacial score (nSPS) is 23.0. The van der Waals surface area contributed by atoms with Gasteiger partial charge in [-0.2, -0.15) is 0 Å². The van der Waals surface area contributed by atoms with Gasteiger partial charge in [-0.1, -0.05) is 5.10 Å². The molecular formula is C9H16N4O3. The van der Waals surface area contributed by atoms with Crippen LogP contribution < -0.4 is 11.1 Å². The van der Waals surface area contributed by atoms with Crippen molar-refractivity contribution in [1.29, 1.82) is 0 Å². The quantitative estimate of drug-likeness (QED) is 0.743. The summed E-state index contributed by atoms with van der Waals surface area (Å²) >= 11 is 0. The summed E-state index contributed by atoms with van der Waals surface area (Å²) in [5, 5.41) is 10.6. The number of anilines is 1. The van der Waals surface area contributed by atoms with E-state index < -0.39 is 0 Å². The fourth-order valence-electron chi connectivity index (χ4n) is 1.35.